The number of hydrogen-bond acceptors (Lipinski definition) is 3. The Bertz CT molecular complexity index is 692. The molecule has 0 spiro atoms. The highest BCUT2D eigenvalue weighted by Crippen LogP contribution is 2.28. The highest BCUT2D eigenvalue weighted by molar-refractivity contribution is 6.34. The van der Waals surface area contributed by atoms with Crippen LogP contribution in [0, 0.1) is 0 Å². The largest absolute Gasteiger partial charge is 0.489 e. The van der Waals surface area contributed by atoms with Gasteiger partial charge in [0.25, 0.3) is 0 Å². The van der Waals surface area contributed by atoms with Crippen molar-refractivity contribution in [1.29, 1.82) is 0 Å². The van der Waals surface area contributed by atoms with Gasteiger partial charge in [-0.25, -0.2) is 0 Å². The molecule has 3 rings (SSSR count). The molecule has 1 fully saturated rings. The van der Waals surface area contributed by atoms with Crippen LogP contribution in [0.1, 0.15) is 11.8 Å². The number of halogens is 2. The molecule has 2 aromatic rings. The molecule has 1 heterocycles. The predicted molar refractivity (Wildman–Crippen MR) is 97.1 cm³/mol. The zero-order valence-corrected chi connectivity index (χ0v) is 15.2. The van der Waals surface area contributed by atoms with Gasteiger partial charge in [0.1, 0.15) is 25.0 Å². The van der Waals surface area contributed by atoms with Crippen LogP contribution in [0.25, 0.3) is 0 Å². The molecule has 6 heteroatoms. The lowest BCUT2D eigenvalue weighted by molar-refractivity contribution is -0.697. The summed E-state index contributed by atoms with van der Waals surface area (Å²) in [5.41, 5.74) is 2.33. The van der Waals surface area contributed by atoms with Gasteiger partial charge in [-0.1, -0.05) is 23.2 Å². The van der Waals surface area contributed by atoms with Crippen LogP contribution in [0.3, 0.4) is 0 Å². The molecule has 0 bridgehead atoms. The molecular weight excluding hydrogens is 347 g/mol. The monoisotopic (exact) mass is 367 g/mol. The van der Waals surface area contributed by atoms with Gasteiger partial charge in [-0.3, -0.25) is 0 Å². The van der Waals surface area contributed by atoms with Crippen LogP contribution in [-0.2, 0) is 4.74 Å². The first-order valence-corrected chi connectivity index (χ1v) is 8.62. The van der Waals surface area contributed by atoms with E-state index in [1.165, 1.54) is 5.69 Å². The first-order chi connectivity index (χ1) is 11.5. The van der Waals surface area contributed by atoms with Crippen LogP contribution in [-0.4, -0.2) is 33.4 Å². The molecule has 1 saturated heterocycles. The minimum Gasteiger partial charge on any atom is -0.489 e. The van der Waals surface area contributed by atoms with E-state index >= 15 is 0 Å². The molecule has 24 heavy (non-hydrogen) atoms. The molecular formula is C18H21Cl2N2O2+. The van der Waals surface area contributed by atoms with Crippen molar-refractivity contribution in [3.05, 3.63) is 58.1 Å². The standard InChI is InChI=1S/C18H20Cl2N2O2/c1-22(2)14-6-3-12(4-7-14)18-21-10-15(24-18)11-23-17-9-13(19)5-8-16(17)20/h3-9,15,18,21H,10-11H2,1-2H3/p+1/t15-,18+/m0/s1. The summed E-state index contributed by atoms with van der Waals surface area (Å²) in [4.78, 5) is 2.08. The normalized spacial score (nSPS) is 20.2. The molecule has 0 unspecified atom stereocenters. The van der Waals surface area contributed by atoms with E-state index in [1.54, 1.807) is 18.2 Å². The number of ether oxygens (including phenoxy) is 2. The lowest BCUT2D eigenvalue weighted by Crippen LogP contribution is -2.82. The number of anilines is 1. The lowest BCUT2D eigenvalue weighted by atomic mass is 10.2. The number of benzene rings is 2. The van der Waals surface area contributed by atoms with E-state index in [1.807, 2.05) is 14.1 Å². The fraction of sp³-hybridized carbons (Fsp3) is 0.333. The first-order valence-electron chi connectivity index (χ1n) is 7.87. The Balaban J connectivity index is 1.56. The number of nitrogens with zero attached hydrogens (tertiary/aromatic N) is 1. The summed E-state index contributed by atoms with van der Waals surface area (Å²) in [6.45, 7) is 1.29. The van der Waals surface area contributed by atoms with Gasteiger partial charge < -0.3 is 19.7 Å². The summed E-state index contributed by atoms with van der Waals surface area (Å²) in [5.74, 6) is 0.589. The van der Waals surface area contributed by atoms with Crippen LogP contribution in [0.4, 0.5) is 5.69 Å². The molecule has 2 aromatic carbocycles. The van der Waals surface area contributed by atoms with Crippen molar-refractivity contribution in [2.75, 3.05) is 32.1 Å². The fourth-order valence-electron chi connectivity index (χ4n) is 2.65. The molecule has 4 nitrogen and oxygen atoms in total. The minimum absolute atomic E-state index is 0.00430. The van der Waals surface area contributed by atoms with Crippen LogP contribution >= 0.6 is 23.2 Å². The van der Waals surface area contributed by atoms with E-state index in [0.29, 0.717) is 22.4 Å². The number of hydrogen-bond donors (Lipinski definition) is 1. The maximum Gasteiger partial charge on any atom is 0.217 e. The summed E-state index contributed by atoms with van der Waals surface area (Å²) in [7, 11) is 4.06. The molecule has 0 aliphatic carbocycles. The van der Waals surface area contributed by atoms with Gasteiger partial charge in [0.05, 0.1) is 5.02 Å². The second-order valence-corrected chi connectivity index (χ2v) is 6.87. The Morgan fingerprint density at radius 3 is 2.62 bits per heavy atom. The van der Waals surface area contributed by atoms with Crippen molar-refractivity contribution < 1.29 is 14.8 Å². The lowest BCUT2D eigenvalue weighted by Gasteiger charge is -2.14. The minimum atomic E-state index is 0.00430. The highest BCUT2D eigenvalue weighted by Gasteiger charge is 2.30. The molecule has 1 aliphatic rings. The van der Waals surface area contributed by atoms with Gasteiger partial charge in [-0.15, -0.1) is 0 Å². The van der Waals surface area contributed by atoms with E-state index in [2.05, 4.69) is 34.5 Å². The van der Waals surface area contributed by atoms with Gasteiger partial charge in [-0.05, 0) is 36.4 Å². The third kappa shape index (κ3) is 4.14. The fourth-order valence-corrected chi connectivity index (χ4v) is 2.98. The zero-order valence-electron chi connectivity index (χ0n) is 13.7. The molecule has 128 valence electrons. The second-order valence-electron chi connectivity index (χ2n) is 6.02. The van der Waals surface area contributed by atoms with Crippen LogP contribution in [0.15, 0.2) is 42.5 Å². The summed E-state index contributed by atoms with van der Waals surface area (Å²) >= 11 is 12.1. The molecule has 0 aromatic heterocycles. The molecule has 1 aliphatic heterocycles. The Labute approximate surface area is 152 Å². The topological polar surface area (TPSA) is 38.3 Å². The number of nitrogens with two attached hydrogens (primary N) is 1. The molecule has 2 N–H and O–H groups in total. The Kier molecular flexibility index (Phi) is 5.51. The average molecular weight is 368 g/mol. The maximum atomic E-state index is 6.11. The zero-order chi connectivity index (χ0) is 17.1. The molecule has 0 radical (unpaired) electrons. The van der Waals surface area contributed by atoms with Gasteiger partial charge in [0.2, 0.25) is 6.23 Å². The summed E-state index contributed by atoms with van der Waals surface area (Å²) in [6.07, 6.45) is 0.0169. The van der Waals surface area contributed by atoms with Crippen molar-refractivity contribution in [2.24, 2.45) is 0 Å². The smallest absolute Gasteiger partial charge is 0.217 e. The molecule has 0 saturated carbocycles. The van der Waals surface area contributed by atoms with Crippen LogP contribution in [0.2, 0.25) is 10.0 Å². The van der Waals surface area contributed by atoms with Crippen molar-refractivity contribution in [3.8, 4) is 5.75 Å². The van der Waals surface area contributed by atoms with Crippen molar-refractivity contribution in [2.45, 2.75) is 12.3 Å². The van der Waals surface area contributed by atoms with Crippen molar-refractivity contribution in [1.82, 2.24) is 0 Å². The third-order valence-electron chi connectivity index (χ3n) is 4.01. The number of rotatable bonds is 5. The van der Waals surface area contributed by atoms with E-state index < -0.39 is 0 Å². The Morgan fingerprint density at radius 2 is 1.92 bits per heavy atom. The maximum absolute atomic E-state index is 6.11. The molecule has 2 atom stereocenters. The highest BCUT2D eigenvalue weighted by atomic mass is 35.5. The predicted octanol–water partition coefficient (Wildman–Crippen LogP) is 3.10. The summed E-state index contributed by atoms with van der Waals surface area (Å²) < 4.78 is 11.8. The Hall–Kier alpha value is -1.46. The number of quaternary nitrogens is 1. The van der Waals surface area contributed by atoms with Gasteiger partial charge in [0, 0.05) is 36.4 Å². The SMILES string of the molecule is CN(C)c1ccc([C@@H]2[NH2+]C[C@@H](COc3cc(Cl)ccc3Cl)O2)cc1. The average Bonchev–Trinajstić information content (AvgIpc) is 3.05. The van der Waals surface area contributed by atoms with E-state index in [-0.39, 0.29) is 12.3 Å². The van der Waals surface area contributed by atoms with Gasteiger partial charge in [0.15, 0.2) is 0 Å². The van der Waals surface area contributed by atoms with Gasteiger partial charge >= 0.3 is 0 Å². The quantitative estimate of drug-likeness (QED) is 0.882. The summed E-state index contributed by atoms with van der Waals surface area (Å²) in [6, 6.07) is 13.6. The summed E-state index contributed by atoms with van der Waals surface area (Å²) in [5, 5.41) is 3.34. The molecule has 0 amide bonds. The van der Waals surface area contributed by atoms with E-state index in [0.717, 1.165) is 12.1 Å². The van der Waals surface area contributed by atoms with E-state index in [4.69, 9.17) is 32.7 Å². The second kappa shape index (κ2) is 7.62. The van der Waals surface area contributed by atoms with Crippen LogP contribution in [0.5, 0.6) is 5.75 Å². The Morgan fingerprint density at radius 1 is 1.17 bits per heavy atom. The van der Waals surface area contributed by atoms with E-state index in [9.17, 15) is 0 Å². The van der Waals surface area contributed by atoms with Crippen molar-refractivity contribution >= 4 is 28.9 Å². The first kappa shape index (κ1) is 17.4. The van der Waals surface area contributed by atoms with Crippen LogP contribution < -0.4 is 15.0 Å². The van der Waals surface area contributed by atoms with Crippen molar-refractivity contribution in [3.63, 3.8) is 0 Å². The van der Waals surface area contributed by atoms with Gasteiger partial charge in [-0.2, -0.15) is 0 Å². The third-order valence-corrected chi connectivity index (χ3v) is 4.56.